The molecule has 118 valence electrons. The van der Waals surface area contributed by atoms with E-state index < -0.39 is 0 Å². The van der Waals surface area contributed by atoms with Crippen molar-refractivity contribution < 1.29 is 4.92 Å². The summed E-state index contributed by atoms with van der Waals surface area (Å²) in [6, 6.07) is 7.99. The first-order valence-electron chi connectivity index (χ1n) is 7.84. The maximum Gasteiger partial charge on any atom is 0.212 e. The summed E-state index contributed by atoms with van der Waals surface area (Å²) in [5, 5.41) is 15.6. The molecule has 0 amide bonds. The van der Waals surface area contributed by atoms with E-state index in [0.29, 0.717) is 0 Å². The standard InChI is InChI=1S/C16H22N4O2/c17-16-8-4-3-7-15(19-16)13(10-20(21)22)12-9-18-14-6-2-1-5-11(12)14/h1-2,5-6,9,13,15-16,18-19H,3-4,7-8,10,17H2. The Labute approximate surface area is 129 Å². The first-order chi connectivity index (χ1) is 10.6. The lowest BCUT2D eigenvalue weighted by molar-refractivity contribution is -0.484. The number of nitrogens with one attached hydrogen (secondary N) is 2. The van der Waals surface area contributed by atoms with Gasteiger partial charge in [0.1, 0.15) is 0 Å². The zero-order chi connectivity index (χ0) is 15.5. The molecule has 22 heavy (non-hydrogen) atoms. The summed E-state index contributed by atoms with van der Waals surface area (Å²) < 4.78 is 0. The molecule has 2 heterocycles. The molecule has 4 N–H and O–H groups in total. The minimum atomic E-state index is -0.218. The molecular weight excluding hydrogens is 280 g/mol. The van der Waals surface area contributed by atoms with Crippen LogP contribution in [0.4, 0.5) is 0 Å². The molecule has 2 aromatic rings. The van der Waals surface area contributed by atoms with Crippen molar-refractivity contribution in [3.05, 3.63) is 46.1 Å². The molecule has 1 saturated heterocycles. The summed E-state index contributed by atoms with van der Waals surface area (Å²) in [6.07, 6.45) is 5.82. The molecule has 0 saturated carbocycles. The van der Waals surface area contributed by atoms with Crippen molar-refractivity contribution in [2.75, 3.05) is 6.54 Å². The summed E-state index contributed by atoms with van der Waals surface area (Å²) in [5.74, 6) is -0.171. The van der Waals surface area contributed by atoms with Crippen LogP contribution in [-0.2, 0) is 0 Å². The SMILES string of the molecule is NC1CCCCC(C(C[N+](=O)[O-])c2c[nH]c3ccccc23)N1. The van der Waals surface area contributed by atoms with Gasteiger partial charge in [-0.3, -0.25) is 15.4 Å². The van der Waals surface area contributed by atoms with Gasteiger partial charge in [0, 0.05) is 28.1 Å². The van der Waals surface area contributed by atoms with Gasteiger partial charge < -0.3 is 10.7 Å². The van der Waals surface area contributed by atoms with Gasteiger partial charge in [-0.05, 0) is 24.5 Å². The van der Waals surface area contributed by atoms with Crippen molar-refractivity contribution in [1.82, 2.24) is 10.3 Å². The Balaban J connectivity index is 1.96. The van der Waals surface area contributed by atoms with E-state index in [1.54, 1.807) is 0 Å². The van der Waals surface area contributed by atoms with Gasteiger partial charge in [-0.25, -0.2) is 0 Å². The van der Waals surface area contributed by atoms with Crippen LogP contribution < -0.4 is 11.1 Å². The maximum atomic E-state index is 11.2. The molecule has 1 aromatic carbocycles. The summed E-state index contributed by atoms with van der Waals surface area (Å²) >= 11 is 0. The fourth-order valence-corrected chi connectivity index (χ4v) is 3.49. The van der Waals surface area contributed by atoms with E-state index in [-0.39, 0.29) is 29.6 Å². The summed E-state index contributed by atoms with van der Waals surface area (Å²) in [6.45, 7) is -0.0771. The van der Waals surface area contributed by atoms with Gasteiger partial charge in [0.25, 0.3) is 0 Å². The molecule has 6 heteroatoms. The van der Waals surface area contributed by atoms with Gasteiger partial charge in [-0.1, -0.05) is 31.0 Å². The van der Waals surface area contributed by atoms with Crippen molar-refractivity contribution in [3.63, 3.8) is 0 Å². The Kier molecular flexibility index (Phi) is 4.40. The Morgan fingerprint density at radius 3 is 2.91 bits per heavy atom. The first-order valence-corrected chi connectivity index (χ1v) is 7.84. The number of benzene rings is 1. The second-order valence-corrected chi connectivity index (χ2v) is 6.08. The van der Waals surface area contributed by atoms with Crippen LogP contribution in [0, 0.1) is 10.1 Å². The molecule has 1 aliphatic heterocycles. The van der Waals surface area contributed by atoms with Gasteiger partial charge >= 0.3 is 0 Å². The molecule has 0 bridgehead atoms. The number of fused-ring (bicyclic) bond motifs is 1. The van der Waals surface area contributed by atoms with E-state index in [0.717, 1.165) is 42.1 Å². The van der Waals surface area contributed by atoms with Gasteiger partial charge in [-0.2, -0.15) is 0 Å². The van der Waals surface area contributed by atoms with Crippen LogP contribution in [0.1, 0.15) is 37.2 Å². The fourth-order valence-electron chi connectivity index (χ4n) is 3.49. The number of rotatable bonds is 4. The average Bonchev–Trinajstić information content (AvgIpc) is 2.79. The molecule has 3 unspecified atom stereocenters. The van der Waals surface area contributed by atoms with Gasteiger partial charge in [0.15, 0.2) is 0 Å². The van der Waals surface area contributed by atoms with Crippen LogP contribution in [0.2, 0.25) is 0 Å². The van der Waals surface area contributed by atoms with Gasteiger partial charge in [0.2, 0.25) is 6.54 Å². The summed E-state index contributed by atoms with van der Waals surface area (Å²) in [5.41, 5.74) is 8.10. The van der Waals surface area contributed by atoms with E-state index in [2.05, 4.69) is 10.3 Å². The summed E-state index contributed by atoms with van der Waals surface area (Å²) in [4.78, 5) is 14.2. The second-order valence-electron chi connectivity index (χ2n) is 6.08. The van der Waals surface area contributed by atoms with Crippen molar-refractivity contribution in [3.8, 4) is 0 Å². The number of hydrogen-bond donors (Lipinski definition) is 3. The molecule has 1 fully saturated rings. The van der Waals surface area contributed by atoms with E-state index in [1.165, 1.54) is 0 Å². The molecule has 0 spiro atoms. The highest BCUT2D eigenvalue weighted by atomic mass is 16.6. The van der Waals surface area contributed by atoms with Crippen LogP contribution in [0.5, 0.6) is 0 Å². The van der Waals surface area contributed by atoms with E-state index >= 15 is 0 Å². The van der Waals surface area contributed by atoms with Crippen molar-refractivity contribution >= 4 is 10.9 Å². The third-order valence-corrected chi connectivity index (χ3v) is 4.56. The highest BCUT2D eigenvalue weighted by Gasteiger charge is 2.31. The van der Waals surface area contributed by atoms with E-state index in [4.69, 9.17) is 5.73 Å². The number of aromatic amines is 1. The lowest BCUT2D eigenvalue weighted by Gasteiger charge is -2.26. The Hall–Kier alpha value is -1.92. The van der Waals surface area contributed by atoms with Crippen LogP contribution >= 0.6 is 0 Å². The van der Waals surface area contributed by atoms with Gasteiger partial charge in [-0.15, -0.1) is 0 Å². The van der Waals surface area contributed by atoms with Crippen LogP contribution in [0.25, 0.3) is 10.9 Å². The number of aromatic nitrogens is 1. The van der Waals surface area contributed by atoms with Gasteiger partial charge in [0.05, 0.1) is 12.1 Å². The summed E-state index contributed by atoms with van der Waals surface area (Å²) in [7, 11) is 0. The predicted molar refractivity (Wildman–Crippen MR) is 86.3 cm³/mol. The first kappa shape index (κ1) is 15.0. The molecular formula is C16H22N4O2. The smallest absolute Gasteiger partial charge is 0.212 e. The molecule has 1 aliphatic rings. The molecule has 0 aliphatic carbocycles. The van der Waals surface area contributed by atoms with E-state index in [1.807, 2.05) is 30.5 Å². The second kappa shape index (κ2) is 6.46. The largest absolute Gasteiger partial charge is 0.361 e. The number of nitro groups is 1. The number of H-pyrrole nitrogens is 1. The Morgan fingerprint density at radius 1 is 1.32 bits per heavy atom. The van der Waals surface area contributed by atoms with Crippen molar-refractivity contribution in [1.29, 1.82) is 0 Å². The average molecular weight is 302 g/mol. The zero-order valence-corrected chi connectivity index (χ0v) is 12.5. The van der Waals surface area contributed by atoms with Crippen LogP contribution in [0.3, 0.4) is 0 Å². The number of hydrogen-bond acceptors (Lipinski definition) is 4. The quantitative estimate of drug-likeness (QED) is 0.596. The third-order valence-electron chi connectivity index (χ3n) is 4.56. The Bertz CT molecular complexity index is 654. The number of para-hydroxylation sites is 1. The number of nitrogens with two attached hydrogens (primary N) is 1. The normalized spacial score (nSPS) is 24.0. The lowest BCUT2D eigenvalue weighted by Crippen LogP contribution is -2.46. The minimum Gasteiger partial charge on any atom is -0.361 e. The monoisotopic (exact) mass is 302 g/mol. The van der Waals surface area contributed by atoms with E-state index in [9.17, 15) is 10.1 Å². The molecule has 3 atom stereocenters. The molecule has 3 rings (SSSR count). The molecule has 6 nitrogen and oxygen atoms in total. The lowest BCUT2D eigenvalue weighted by atomic mass is 9.88. The maximum absolute atomic E-state index is 11.2. The highest BCUT2D eigenvalue weighted by Crippen LogP contribution is 2.31. The van der Waals surface area contributed by atoms with Crippen molar-refractivity contribution in [2.24, 2.45) is 5.73 Å². The zero-order valence-electron chi connectivity index (χ0n) is 12.5. The molecule has 1 aromatic heterocycles. The third kappa shape index (κ3) is 3.13. The van der Waals surface area contributed by atoms with Crippen molar-refractivity contribution in [2.45, 2.75) is 43.8 Å². The fraction of sp³-hybridized carbons (Fsp3) is 0.500. The molecule has 0 radical (unpaired) electrons. The van der Waals surface area contributed by atoms with Crippen LogP contribution in [0.15, 0.2) is 30.5 Å². The highest BCUT2D eigenvalue weighted by molar-refractivity contribution is 5.83. The minimum absolute atomic E-state index is 0.0436. The Morgan fingerprint density at radius 2 is 2.09 bits per heavy atom. The predicted octanol–water partition coefficient (Wildman–Crippen LogP) is 2.35. The topological polar surface area (TPSA) is 97.0 Å². The number of nitrogens with zero attached hydrogens (tertiary/aromatic N) is 1. The van der Waals surface area contributed by atoms with Crippen LogP contribution in [-0.4, -0.2) is 28.7 Å².